The predicted molar refractivity (Wildman–Crippen MR) is 97.4 cm³/mol. The van der Waals surface area contributed by atoms with Crippen LogP contribution in [0.5, 0.6) is 11.5 Å². The highest BCUT2D eigenvalue weighted by molar-refractivity contribution is 5.94. The van der Waals surface area contributed by atoms with Gasteiger partial charge in [0.2, 0.25) is 0 Å². The van der Waals surface area contributed by atoms with E-state index in [-0.39, 0.29) is 5.91 Å². The number of carbonyl (C=O) groups is 1. The van der Waals surface area contributed by atoms with Gasteiger partial charge < -0.3 is 20.1 Å². The molecule has 5 nitrogen and oxygen atoms in total. The Labute approximate surface area is 148 Å². The fourth-order valence-corrected chi connectivity index (χ4v) is 3.22. The molecule has 0 saturated carbocycles. The summed E-state index contributed by atoms with van der Waals surface area (Å²) in [5.41, 5.74) is 2.77. The lowest BCUT2D eigenvalue weighted by atomic mass is 9.97. The Bertz CT molecular complexity index is 700. The number of benzene rings is 2. The Morgan fingerprint density at radius 1 is 1.12 bits per heavy atom. The van der Waals surface area contributed by atoms with Gasteiger partial charge in [-0.05, 0) is 48.7 Å². The van der Waals surface area contributed by atoms with Crippen LogP contribution in [-0.4, -0.2) is 33.2 Å². The van der Waals surface area contributed by atoms with Crippen LogP contribution in [0.3, 0.4) is 0 Å². The molecule has 1 atom stereocenters. The minimum atomic E-state index is -0.107. The molecule has 1 fully saturated rings. The van der Waals surface area contributed by atoms with E-state index in [1.54, 1.807) is 14.2 Å². The van der Waals surface area contributed by atoms with Gasteiger partial charge in [-0.15, -0.1) is 0 Å². The maximum atomic E-state index is 12.4. The Balaban J connectivity index is 1.67. The van der Waals surface area contributed by atoms with Gasteiger partial charge >= 0.3 is 0 Å². The molecule has 0 radical (unpaired) electrons. The number of rotatable bonds is 6. The fourth-order valence-electron chi connectivity index (χ4n) is 3.22. The summed E-state index contributed by atoms with van der Waals surface area (Å²) in [7, 11) is 3.22. The average molecular weight is 340 g/mol. The molecule has 25 heavy (non-hydrogen) atoms. The van der Waals surface area contributed by atoms with Crippen molar-refractivity contribution in [2.75, 3.05) is 27.3 Å². The quantitative estimate of drug-likeness (QED) is 0.849. The summed E-state index contributed by atoms with van der Waals surface area (Å²) in [6.07, 6.45) is 1.15. The molecule has 0 spiro atoms. The fraction of sp³-hybridized carbons (Fsp3) is 0.350. The van der Waals surface area contributed by atoms with E-state index in [1.165, 1.54) is 5.56 Å². The van der Waals surface area contributed by atoms with Gasteiger partial charge in [0, 0.05) is 12.1 Å². The van der Waals surface area contributed by atoms with Gasteiger partial charge in [-0.3, -0.25) is 4.79 Å². The monoisotopic (exact) mass is 340 g/mol. The smallest absolute Gasteiger partial charge is 0.251 e. The maximum absolute atomic E-state index is 12.4. The summed E-state index contributed by atoms with van der Waals surface area (Å²) >= 11 is 0. The number of amides is 1. The van der Waals surface area contributed by atoms with Crippen LogP contribution >= 0.6 is 0 Å². The van der Waals surface area contributed by atoms with Crippen LogP contribution in [0.15, 0.2) is 42.5 Å². The minimum Gasteiger partial charge on any atom is -0.496 e. The summed E-state index contributed by atoms with van der Waals surface area (Å²) in [6.45, 7) is 2.42. The molecule has 1 saturated heterocycles. The van der Waals surface area contributed by atoms with Crippen molar-refractivity contribution in [2.45, 2.75) is 18.9 Å². The Morgan fingerprint density at radius 2 is 1.80 bits per heavy atom. The molecule has 1 heterocycles. The number of ether oxygens (including phenoxy) is 2. The molecular weight excluding hydrogens is 316 g/mol. The maximum Gasteiger partial charge on any atom is 0.251 e. The van der Waals surface area contributed by atoms with Crippen molar-refractivity contribution < 1.29 is 14.3 Å². The van der Waals surface area contributed by atoms with E-state index < -0.39 is 0 Å². The van der Waals surface area contributed by atoms with Gasteiger partial charge in [0.05, 0.1) is 26.3 Å². The summed E-state index contributed by atoms with van der Waals surface area (Å²) in [5.74, 6) is 1.84. The highest BCUT2D eigenvalue weighted by atomic mass is 16.5. The second-order valence-electron chi connectivity index (χ2n) is 6.14. The normalized spacial score (nSPS) is 16.5. The minimum absolute atomic E-state index is 0.107. The highest BCUT2D eigenvalue weighted by Gasteiger charge is 2.17. The number of nitrogens with one attached hydrogen (secondary N) is 2. The third kappa shape index (κ3) is 3.94. The molecule has 0 aliphatic carbocycles. The Hall–Kier alpha value is -2.53. The summed E-state index contributed by atoms with van der Waals surface area (Å²) in [6, 6.07) is 13.5. The summed E-state index contributed by atoms with van der Waals surface area (Å²) in [5, 5.41) is 6.31. The van der Waals surface area contributed by atoms with Crippen molar-refractivity contribution in [3.05, 3.63) is 59.2 Å². The van der Waals surface area contributed by atoms with E-state index in [9.17, 15) is 4.79 Å². The molecule has 1 aliphatic heterocycles. The second-order valence-corrected chi connectivity index (χ2v) is 6.14. The van der Waals surface area contributed by atoms with Crippen molar-refractivity contribution in [3.8, 4) is 11.5 Å². The van der Waals surface area contributed by atoms with Crippen LogP contribution in [0.4, 0.5) is 0 Å². The van der Waals surface area contributed by atoms with Crippen molar-refractivity contribution in [1.82, 2.24) is 10.6 Å². The molecule has 0 unspecified atom stereocenters. The van der Waals surface area contributed by atoms with Crippen molar-refractivity contribution in [3.63, 3.8) is 0 Å². The highest BCUT2D eigenvalue weighted by Crippen LogP contribution is 2.28. The van der Waals surface area contributed by atoms with Crippen molar-refractivity contribution in [2.24, 2.45) is 0 Å². The van der Waals surface area contributed by atoms with Gasteiger partial charge in [0.25, 0.3) is 5.91 Å². The zero-order chi connectivity index (χ0) is 17.6. The van der Waals surface area contributed by atoms with Crippen molar-refractivity contribution >= 4 is 5.91 Å². The first kappa shape index (κ1) is 17.3. The van der Waals surface area contributed by atoms with Crippen LogP contribution in [0.25, 0.3) is 0 Å². The van der Waals surface area contributed by atoms with Gasteiger partial charge in [-0.2, -0.15) is 0 Å². The van der Waals surface area contributed by atoms with E-state index in [4.69, 9.17) is 9.47 Å². The SMILES string of the molecule is COc1cccc(OC)c1CNC(=O)c1ccc([C@H]2CCNC2)cc1. The molecule has 132 valence electrons. The topological polar surface area (TPSA) is 59.6 Å². The Kier molecular flexibility index (Phi) is 5.56. The molecule has 3 rings (SSSR count). The molecule has 2 N–H and O–H groups in total. The molecule has 2 aromatic carbocycles. The van der Waals surface area contributed by atoms with Crippen LogP contribution in [0, 0.1) is 0 Å². The first-order valence-corrected chi connectivity index (χ1v) is 8.51. The van der Waals surface area contributed by atoms with Crippen LogP contribution in [0.1, 0.15) is 33.8 Å². The van der Waals surface area contributed by atoms with Crippen LogP contribution in [-0.2, 0) is 6.54 Å². The Morgan fingerprint density at radius 3 is 2.36 bits per heavy atom. The third-order valence-electron chi connectivity index (χ3n) is 4.66. The van der Waals surface area contributed by atoms with Crippen LogP contribution in [0.2, 0.25) is 0 Å². The average Bonchev–Trinajstić information content (AvgIpc) is 3.20. The zero-order valence-corrected chi connectivity index (χ0v) is 14.7. The first-order valence-electron chi connectivity index (χ1n) is 8.51. The molecule has 1 amide bonds. The zero-order valence-electron chi connectivity index (χ0n) is 14.7. The third-order valence-corrected chi connectivity index (χ3v) is 4.66. The van der Waals surface area contributed by atoms with Gasteiger partial charge in [0.1, 0.15) is 11.5 Å². The molecule has 5 heteroatoms. The number of carbonyl (C=O) groups excluding carboxylic acids is 1. The molecule has 0 bridgehead atoms. The van der Waals surface area contributed by atoms with Gasteiger partial charge in [-0.1, -0.05) is 18.2 Å². The van der Waals surface area contributed by atoms with E-state index in [1.807, 2.05) is 30.3 Å². The van der Waals surface area contributed by atoms with Gasteiger partial charge in [-0.25, -0.2) is 0 Å². The number of methoxy groups -OCH3 is 2. The largest absolute Gasteiger partial charge is 0.496 e. The number of hydrogen-bond acceptors (Lipinski definition) is 4. The predicted octanol–water partition coefficient (Wildman–Crippen LogP) is 2.71. The molecular formula is C20H24N2O3. The summed E-state index contributed by atoms with van der Waals surface area (Å²) < 4.78 is 10.7. The first-order chi connectivity index (χ1) is 12.2. The summed E-state index contributed by atoms with van der Waals surface area (Å²) in [4.78, 5) is 12.4. The number of hydrogen-bond donors (Lipinski definition) is 2. The lowest BCUT2D eigenvalue weighted by molar-refractivity contribution is 0.0950. The molecule has 2 aromatic rings. The van der Waals surface area contributed by atoms with Crippen molar-refractivity contribution in [1.29, 1.82) is 0 Å². The van der Waals surface area contributed by atoms with Gasteiger partial charge in [0.15, 0.2) is 0 Å². The van der Waals surface area contributed by atoms with E-state index in [2.05, 4.69) is 22.8 Å². The van der Waals surface area contributed by atoms with E-state index >= 15 is 0 Å². The van der Waals surface area contributed by atoms with E-state index in [0.29, 0.717) is 29.5 Å². The van der Waals surface area contributed by atoms with Crippen LogP contribution < -0.4 is 20.1 Å². The second kappa shape index (κ2) is 8.03. The molecule has 0 aromatic heterocycles. The standard InChI is InChI=1S/C20H24N2O3/c1-24-18-4-3-5-19(25-2)17(18)13-22-20(23)15-8-6-14(7-9-15)16-10-11-21-12-16/h3-9,16,21H,10-13H2,1-2H3,(H,22,23)/t16-/m0/s1. The lowest BCUT2D eigenvalue weighted by Crippen LogP contribution is -2.23. The van der Waals surface area contributed by atoms with E-state index in [0.717, 1.165) is 25.1 Å². The lowest BCUT2D eigenvalue weighted by Gasteiger charge is -2.14. The molecule has 1 aliphatic rings.